The van der Waals surface area contributed by atoms with E-state index in [-0.39, 0.29) is 5.60 Å². The maximum atomic E-state index is 8.89. The average Bonchev–Trinajstić information content (AvgIpc) is 2.89. The van der Waals surface area contributed by atoms with Crippen LogP contribution in [0.1, 0.15) is 24.4 Å². The Labute approximate surface area is 111 Å². The second-order valence-corrected chi connectivity index (χ2v) is 5.30. The van der Waals surface area contributed by atoms with Crippen molar-refractivity contribution in [3.8, 4) is 17.3 Å². The molecule has 0 N–H and O–H groups in total. The first-order valence-electron chi connectivity index (χ1n) is 5.58. The lowest BCUT2D eigenvalue weighted by molar-refractivity contribution is 0.0191. The number of benzene rings is 1. The fraction of sp³-hybridized carbons (Fsp3) is 0.286. The number of methoxy groups -OCH3 is 1. The molecule has 2 aromatic rings. The zero-order chi connectivity index (χ0) is 13.2. The summed E-state index contributed by atoms with van der Waals surface area (Å²) < 4.78 is 5.41. The van der Waals surface area contributed by atoms with E-state index in [0.29, 0.717) is 5.56 Å². The molecule has 0 aliphatic carbocycles. The average molecular weight is 258 g/mol. The molecular formula is C14H14N2OS. The number of ether oxygens (including phenoxy) is 1. The number of thiazole rings is 1. The molecule has 18 heavy (non-hydrogen) atoms. The SMILES string of the molecule is COC(C)(C)c1nc(-c2cccc(C#N)c2)cs1. The second kappa shape index (κ2) is 4.89. The highest BCUT2D eigenvalue weighted by Crippen LogP contribution is 2.30. The van der Waals surface area contributed by atoms with Gasteiger partial charge in [-0.3, -0.25) is 0 Å². The summed E-state index contributed by atoms with van der Waals surface area (Å²) in [6.45, 7) is 3.97. The van der Waals surface area contributed by atoms with Gasteiger partial charge in [0.05, 0.1) is 17.3 Å². The van der Waals surface area contributed by atoms with Crippen molar-refractivity contribution in [3.63, 3.8) is 0 Å². The summed E-state index contributed by atoms with van der Waals surface area (Å²) in [6, 6.07) is 9.60. The molecule has 1 aromatic heterocycles. The van der Waals surface area contributed by atoms with Crippen molar-refractivity contribution in [2.45, 2.75) is 19.4 Å². The highest BCUT2D eigenvalue weighted by molar-refractivity contribution is 7.10. The summed E-state index contributed by atoms with van der Waals surface area (Å²) in [4.78, 5) is 4.58. The smallest absolute Gasteiger partial charge is 0.125 e. The third kappa shape index (κ3) is 2.42. The maximum Gasteiger partial charge on any atom is 0.125 e. The Morgan fingerprint density at radius 3 is 2.83 bits per heavy atom. The molecular weight excluding hydrogens is 244 g/mol. The molecule has 1 heterocycles. The van der Waals surface area contributed by atoms with E-state index in [2.05, 4.69) is 11.1 Å². The molecule has 1 aromatic carbocycles. The van der Waals surface area contributed by atoms with E-state index >= 15 is 0 Å². The summed E-state index contributed by atoms with van der Waals surface area (Å²) in [5, 5.41) is 11.8. The number of nitriles is 1. The minimum atomic E-state index is -0.379. The molecule has 3 nitrogen and oxygen atoms in total. The van der Waals surface area contributed by atoms with Crippen molar-refractivity contribution in [2.24, 2.45) is 0 Å². The van der Waals surface area contributed by atoms with Crippen LogP contribution < -0.4 is 0 Å². The number of aromatic nitrogens is 1. The molecule has 0 unspecified atom stereocenters. The van der Waals surface area contributed by atoms with E-state index in [1.54, 1.807) is 24.5 Å². The lowest BCUT2D eigenvalue weighted by atomic mass is 10.1. The molecule has 0 spiro atoms. The fourth-order valence-electron chi connectivity index (χ4n) is 1.52. The first kappa shape index (κ1) is 12.7. The van der Waals surface area contributed by atoms with Crippen LogP contribution in [-0.2, 0) is 10.3 Å². The molecule has 0 aliphatic heterocycles. The van der Waals surface area contributed by atoms with Gasteiger partial charge in [-0.05, 0) is 26.0 Å². The molecule has 0 saturated carbocycles. The van der Waals surface area contributed by atoms with E-state index < -0.39 is 0 Å². The van der Waals surface area contributed by atoms with Crippen LogP contribution in [0.2, 0.25) is 0 Å². The lowest BCUT2D eigenvalue weighted by Gasteiger charge is -2.19. The standard InChI is InChI=1S/C14H14N2OS/c1-14(2,17-3)13-16-12(9-18-13)11-6-4-5-10(7-11)8-15/h4-7,9H,1-3H3. The second-order valence-electron chi connectivity index (χ2n) is 4.44. The highest BCUT2D eigenvalue weighted by Gasteiger charge is 2.23. The molecule has 2 rings (SSSR count). The predicted molar refractivity (Wildman–Crippen MR) is 72.3 cm³/mol. The Morgan fingerprint density at radius 2 is 2.17 bits per heavy atom. The van der Waals surface area contributed by atoms with Crippen molar-refractivity contribution < 1.29 is 4.74 Å². The Hall–Kier alpha value is -1.70. The third-order valence-corrected chi connectivity index (χ3v) is 3.96. The maximum absolute atomic E-state index is 8.89. The summed E-state index contributed by atoms with van der Waals surface area (Å²) >= 11 is 1.57. The van der Waals surface area contributed by atoms with E-state index in [4.69, 9.17) is 10.00 Å². The minimum Gasteiger partial charge on any atom is -0.372 e. The van der Waals surface area contributed by atoms with Crippen LogP contribution in [0.25, 0.3) is 11.3 Å². The zero-order valence-electron chi connectivity index (χ0n) is 10.6. The quantitative estimate of drug-likeness (QED) is 0.845. The zero-order valence-corrected chi connectivity index (χ0v) is 11.4. The number of rotatable bonds is 3. The van der Waals surface area contributed by atoms with Crippen molar-refractivity contribution >= 4 is 11.3 Å². The van der Waals surface area contributed by atoms with E-state index in [9.17, 15) is 0 Å². The van der Waals surface area contributed by atoms with Gasteiger partial charge in [-0.15, -0.1) is 11.3 Å². The van der Waals surface area contributed by atoms with Gasteiger partial charge >= 0.3 is 0 Å². The highest BCUT2D eigenvalue weighted by atomic mass is 32.1. The topological polar surface area (TPSA) is 45.9 Å². The van der Waals surface area contributed by atoms with Gasteiger partial charge in [0.2, 0.25) is 0 Å². The predicted octanol–water partition coefficient (Wildman–Crippen LogP) is 3.56. The van der Waals surface area contributed by atoms with Crippen LogP contribution in [0.15, 0.2) is 29.6 Å². The van der Waals surface area contributed by atoms with Gasteiger partial charge in [-0.25, -0.2) is 4.98 Å². The van der Waals surface area contributed by atoms with Crippen LogP contribution in [0.4, 0.5) is 0 Å². The molecule has 0 aliphatic rings. The van der Waals surface area contributed by atoms with Crippen LogP contribution in [-0.4, -0.2) is 12.1 Å². The molecule has 0 bridgehead atoms. The number of nitrogens with zero attached hydrogens (tertiary/aromatic N) is 2. The monoisotopic (exact) mass is 258 g/mol. The van der Waals surface area contributed by atoms with Crippen molar-refractivity contribution in [1.29, 1.82) is 5.26 Å². The Balaban J connectivity index is 2.38. The van der Waals surface area contributed by atoms with Crippen LogP contribution in [0, 0.1) is 11.3 Å². The summed E-state index contributed by atoms with van der Waals surface area (Å²) in [5.74, 6) is 0. The normalized spacial score (nSPS) is 11.2. The van der Waals surface area contributed by atoms with Crippen molar-refractivity contribution in [1.82, 2.24) is 4.98 Å². The first-order valence-corrected chi connectivity index (χ1v) is 6.46. The summed E-state index contributed by atoms with van der Waals surface area (Å²) in [7, 11) is 1.68. The Bertz CT molecular complexity index is 596. The largest absolute Gasteiger partial charge is 0.372 e. The van der Waals surface area contributed by atoms with Gasteiger partial charge in [0.1, 0.15) is 10.6 Å². The van der Waals surface area contributed by atoms with Gasteiger partial charge in [0, 0.05) is 18.1 Å². The van der Waals surface area contributed by atoms with E-state index in [0.717, 1.165) is 16.3 Å². The molecule has 0 radical (unpaired) electrons. The molecule has 92 valence electrons. The molecule has 0 amide bonds. The van der Waals surface area contributed by atoms with Crippen LogP contribution >= 0.6 is 11.3 Å². The first-order chi connectivity index (χ1) is 8.56. The molecule has 0 fully saturated rings. The third-order valence-electron chi connectivity index (χ3n) is 2.82. The van der Waals surface area contributed by atoms with Crippen molar-refractivity contribution in [3.05, 3.63) is 40.2 Å². The molecule has 4 heteroatoms. The van der Waals surface area contributed by atoms with Gasteiger partial charge < -0.3 is 4.74 Å². The van der Waals surface area contributed by atoms with Crippen molar-refractivity contribution in [2.75, 3.05) is 7.11 Å². The Kier molecular flexibility index (Phi) is 3.46. The summed E-state index contributed by atoms with van der Waals surface area (Å²) in [6.07, 6.45) is 0. The lowest BCUT2D eigenvalue weighted by Crippen LogP contribution is -2.18. The van der Waals surface area contributed by atoms with Crippen LogP contribution in [0.5, 0.6) is 0 Å². The Morgan fingerprint density at radius 1 is 1.39 bits per heavy atom. The number of hydrogen-bond acceptors (Lipinski definition) is 4. The molecule has 0 saturated heterocycles. The van der Waals surface area contributed by atoms with Gasteiger partial charge in [0.15, 0.2) is 0 Å². The minimum absolute atomic E-state index is 0.379. The fourth-order valence-corrected chi connectivity index (χ4v) is 2.45. The van der Waals surface area contributed by atoms with E-state index in [1.807, 2.05) is 37.4 Å². The van der Waals surface area contributed by atoms with E-state index in [1.165, 1.54) is 0 Å². The summed E-state index contributed by atoms with van der Waals surface area (Å²) in [5.41, 5.74) is 2.11. The number of hydrogen-bond donors (Lipinski definition) is 0. The van der Waals surface area contributed by atoms with Crippen LogP contribution in [0.3, 0.4) is 0 Å². The van der Waals surface area contributed by atoms with Gasteiger partial charge in [-0.2, -0.15) is 5.26 Å². The van der Waals surface area contributed by atoms with Gasteiger partial charge in [0.25, 0.3) is 0 Å². The molecule has 0 atom stereocenters. The van der Waals surface area contributed by atoms with Gasteiger partial charge in [-0.1, -0.05) is 12.1 Å².